The van der Waals surface area contributed by atoms with Crippen molar-refractivity contribution in [2.24, 2.45) is 0 Å². The summed E-state index contributed by atoms with van der Waals surface area (Å²) >= 11 is 0. The highest BCUT2D eigenvalue weighted by molar-refractivity contribution is 5.64. The maximum absolute atomic E-state index is 10.7. The van der Waals surface area contributed by atoms with E-state index in [9.17, 15) is 15.2 Å². The Balaban J connectivity index is 1.92. The van der Waals surface area contributed by atoms with E-state index in [4.69, 9.17) is 4.74 Å². The third-order valence-corrected chi connectivity index (χ3v) is 3.27. The molecule has 0 atom stereocenters. The summed E-state index contributed by atoms with van der Waals surface area (Å²) in [5, 5.41) is 27.2. The lowest BCUT2D eigenvalue weighted by Crippen LogP contribution is -1.88. The number of methoxy groups -OCH3 is 1. The first-order valence-electron chi connectivity index (χ1n) is 6.63. The second-order valence-corrected chi connectivity index (χ2v) is 4.70. The van der Waals surface area contributed by atoms with E-state index in [2.05, 4.69) is 15.2 Å². The molecule has 1 aromatic heterocycles. The summed E-state index contributed by atoms with van der Waals surface area (Å²) in [5.41, 5.74) is 1.36. The van der Waals surface area contributed by atoms with Crippen LogP contribution in [0.5, 0.6) is 11.5 Å². The van der Waals surface area contributed by atoms with E-state index >= 15 is 0 Å². The van der Waals surface area contributed by atoms with Crippen LogP contribution in [-0.2, 0) is 0 Å². The smallest absolute Gasteiger partial charge is 0.269 e. The number of hydrogen-bond donors (Lipinski definition) is 2. The third kappa shape index (κ3) is 2.82. The van der Waals surface area contributed by atoms with E-state index in [0.29, 0.717) is 28.5 Å². The Morgan fingerprint density at radius 1 is 1.17 bits per heavy atom. The van der Waals surface area contributed by atoms with E-state index < -0.39 is 4.92 Å². The standard InChI is InChI=1S/C15H12N4O4/c1-23-13-8-10(4-7-12(13)20)15-16-14(17-18-15)9-2-5-11(6-3-9)19(21)22/h2-8,20H,1H3,(H,16,17,18). The van der Waals surface area contributed by atoms with Crippen molar-refractivity contribution in [3.05, 3.63) is 52.6 Å². The predicted molar refractivity (Wildman–Crippen MR) is 82.1 cm³/mol. The molecule has 2 aromatic carbocycles. The average Bonchev–Trinajstić information content (AvgIpc) is 3.05. The highest BCUT2D eigenvalue weighted by Gasteiger charge is 2.12. The van der Waals surface area contributed by atoms with Gasteiger partial charge in [-0.1, -0.05) is 0 Å². The minimum atomic E-state index is -0.460. The van der Waals surface area contributed by atoms with Crippen molar-refractivity contribution < 1.29 is 14.8 Å². The number of nitro groups is 1. The number of aromatic nitrogens is 3. The first kappa shape index (κ1) is 14.5. The van der Waals surface area contributed by atoms with Gasteiger partial charge in [-0.15, -0.1) is 0 Å². The summed E-state index contributed by atoms with van der Waals surface area (Å²) < 4.78 is 5.05. The molecule has 0 bridgehead atoms. The SMILES string of the molecule is COc1cc(-c2n[nH]c(-c3ccc([N+](=O)[O-])cc3)n2)ccc1O. The summed E-state index contributed by atoms with van der Waals surface area (Å²) in [6, 6.07) is 10.8. The fourth-order valence-electron chi connectivity index (χ4n) is 2.08. The highest BCUT2D eigenvalue weighted by Crippen LogP contribution is 2.30. The summed E-state index contributed by atoms with van der Waals surface area (Å²) in [4.78, 5) is 14.6. The van der Waals surface area contributed by atoms with Crippen molar-refractivity contribution in [1.29, 1.82) is 0 Å². The largest absolute Gasteiger partial charge is 0.504 e. The number of phenolic OH excluding ortho intramolecular Hbond substituents is 1. The number of aromatic hydroxyl groups is 1. The number of nitrogens with zero attached hydrogens (tertiary/aromatic N) is 3. The van der Waals surface area contributed by atoms with Gasteiger partial charge in [-0.2, -0.15) is 5.10 Å². The Kier molecular flexibility index (Phi) is 3.63. The molecule has 0 amide bonds. The molecule has 0 aliphatic heterocycles. The number of aromatic amines is 1. The summed E-state index contributed by atoms with van der Waals surface area (Å²) in [6.45, 7) is 0. The van der Waals surface area contributed by atoms with Gasteiger partial charge in [0.2, 0.25) is 0 Å². The Morgan fingerprint density at radius 3 is 2.52 bits per heavy atom. The van der Waals surface area contributed by atoms with Gasteiger partial charge < -0.3 is 9.84 Å². The van der Waals surface area contributed by atoms with Gasteiger partial charge >= 0.3 is 0 Å². The summed E-state index contributed by atoms with van der Waals surface area (Å²) in [5.74, 6) is 1.27. The lowest BCUT2D eigenvalue weighted by atomic mass is 10.2. The molecule has 0 radical (unpaired) electrons. The van der Waals surface area contributed by atoms with Crippen molar-refractivity contribution >= 4 is 5.69 Å². The van der Waals surface area contributed by atoms with E-state index in [-0.39, 0.29) is 11.4 Å². The first-order valence-corrected chi connectivity index (χ1v) is 6.63. The Labute approximate surface area is 130 Å². The molecule has 0 fully saturated rings. The number of rotatable bonds is 4. The zero-order valence-electron chi connectivity index (χ0n) is 12.1. The zero-order valence-corrected chi connectivity index (χ0v) is 12.1. The molecule has 0 aliphatic carbocycles. The minimum Gasteiger partial charge on any atom is -0.504 e. The van der Waals surface area contributed by atoms with Gasteiger partial charge in [-0.05, 0) is 30.3 Å². The quantitative estimate of drug-likeness (QED) is 0.565. The number of non-ortho nitro benzene ring substituents is 1. The normalized spacial score (nSPS) is 10.5. The summed E-state index contributed by atoms with van der Waals surface area (Å²) in [7, 11) is 1.46. The maximum atomic E-state index is 10.7. The van der Waals surface area contributed by atoms with Crippen molar-refractivity contribution in [2.45, 2.75) is 0 Å². The number of hydrogen-bond acceptors (Lipinski definition) is 6. The van der Waals surface area contributed by atoms with Crippen LogP contribution >= 0.6 is 0 Å². The van der Waals surface area contributed by atoms with Gasteiger partial charge in [0.1, 0.15) is 0 Å². The number of benzene rings is 2. The monoisotopic (exact) mass is 312 g/mol. The van der Waals surface area contributed by atoms with Crippen molar-refractivity contribution in [1.82, 2.24) is 15.2 Å². The molecule has 116 valence electrons. The van der Waals surface area contributed by atoms with Gasteiger partial charge in [-0.25, -0.2) is 4.98 Å². The number of H-pyrrole nitrogens is 1. The van der Waals surface area contributed by atoms with Crippen LogP contribution in [0.2, 0.25) is 0 Å². The van der Waals surface area contributed by atoms with Gasteiger partial charge in [-0.3, -0.25) is 15.2 Å². The lowest BCUT2D eigenvalue weighted by molar-refractivity contribution is -0.384. The van der Waals surface area contributed by atoms with Crippen LogP contribution in [0, 0.1) is 10.1 Å². The van der Waals surface area contributed by atoms with E-state index in [1.165, 1.54) is 25.3 Å². The molecule has 8 heteroatoms. The van der Waals surface area contributed by atoms with Crippen LogP contribution in [0.3, 0.4) is 0 Å². The molecule has 0 saturated heterocycles. The van der Waals surface area contributed by atoms with Gasteiger partial charge in [0.05, 0.1) is 12.0 Å². The molecule has 0 aliphatic rings. The van der Waals surface area contributed by atoms with Crippen molar-refractivity contribution in [3.8, 4) is 34.3 Å². The Morgan fingerprint density at radius 2 is 1.87 bits per heavy atom. The van der Waals surface area contributed by atoms with Crippen LogP contribution in [0.4, 0.5) is 5.69 Å². The van der Waals surface area contributed by atoms with Crippen molar-refractivity contribution in [2.75, 3.05) is 7.11 Å². The van der Waals surface area contributed by atoms with Gasteiger partial charge in [0, 0.05) is 23.3 Å². The number of phenols is 1. The van der Waals surface area contributed by atoms with Crippen LogP contribution in [0.15, 0.2) is 42.5 Å². The van der Waals surface area contributed by atoms with E-state index in [1.807, 2.05) is 0 Å². The highest BCUT2D eigenvalue weighted by atomic mass is 16.6. The fraction of sp³-hybridized carbons (Fsp3) is 0.0667. The molecule has 3 aromatic rings. The molecular weight excluding hydrogens is 300 g/mol. The second-order valence-electron chi connectivity index (χ2n) is 4.70. The molecule has 8 nitrogen and oxygen atoms in total. The van der Waals surface area contributed by atoms with Gasteiger partial charge in [0.25, 0.3) is 5.69 Å². The van der Waals surface area contributed by atoms with Crippen LogP contribution in [0.1, 0.15) is 0 Å². The molecule has 2 N–H and O–H groups in total. The third-order valence-electron chi connectivity index (χ3n) is 3.27. The molecule has 0 spiro atoms. The minimum absolute atomic E-state index is 0.0109. The molecule has 3 rings (SSSR count). The topological polar surface area (TPSA) is 114 Å². The first-order chi connectivity index (χ1) is 11.1. The lowest BCUT2D eigenvalue weighted by Gasteiger charge is -2.03. The maximum Gasteiger partial charge on any atom is 0.269 e. The predicted octanol–water partition coefficient (Wildman–Crippen LogP) is 2.76. The Hall–Kier alpha value is -3.42. The number of ether oxygens (including phenoxy) is 1. The van der Waals surface area contributed by atoms with Gasteiger partial charge in [0.15, 0.2) is 23.1 Å². The number of nitro benzene ring substituents is 1. The van der Waals surface area contributed by atoms with Crippen LogP contribution < -0.4 is 4.74 Å². The molecular formula is C15H12N4O4. The molecule has 0 saturated carbocycles. The van der Waals surface area contributed by atoms with Crippen LogP contribution in [-0.4, -0.2) is 32.3 Å². The summed E-state index contributed by atoms with van der Waals surface area (Å²) in [6.07, 6.45) is 0. The average molecular weight is 312 g/mol. The molecule has 1 heterocycles. The second kappa shape index (κ2) is 5.76. The molecule has 23 heavy (non-hydrogen) atoms. The van der Waals surface area contributed by atoms with E-state index in [0.717, 1.165) is 0 Å². The fourth-order valence-corrected chi connectivity index (χ4v) is 2.08. The zero-order chi connectivity index (χ0) is 16.4. The van der Waals surface area contributed by atoms with E-state index in [1.54, 1.807) is 24.3 Å². The van der Waals surface area contributed by atoms with Crippen molar-refractivity contribution in [3.63, 3.8) is 0 Å². The van der Waals surface area contributed by atoms with Crippen LogP contribution in [0.25, 0.3) is 22.8 Å². The number of nitrogens with one attached hydrogen (secondary N) is 1. The Bertz CT molecular complexity index is 858. The molecule has 0 unspecified atom stereocenters.